The van der Waals surface area contributed by atoms with E-state index in [1.54, 1.807) is 6.33 Å². The van der Waals surface area contributed by atoms with Crippen molar-refractivity contribution in [2.24, 2.45) is 0 Å². The molecule has 0 saturated carbocycles. The van der Waals surface area contributed by atoms with E-state index < -0.39 is 0 Å². The van der Waals surface area contributed by atoms with Crippen molar-refractivity contribution < 1.29 is 5.11 Å². The monoisotopic (exact) mass is 310 g/mol. The number of nitrogen functional groups attached to an aromatic ring is 1. The van der Waals surface area contributed by atoms with E-state index in [-0.39, 0.29) is 12.6 Å². The van der Waals surface area contributed by atoms with Crippen molar-refractivity contribution in [1.82, 2.24) is 19.5 Å². The van der Waals surface area contributed by atoms with E-state index >= 15 is 0 Å². The van der Waals surface area contributed by atoms with Crippen LogP contribution in [-0.4, -0.2) is 43.8 Å². The number of aromatic nitrogens is 4. The lowest BCUT2D eigenvalue weighted by Gasteiger charge is -2.23. The van der Waals surface area contributed by atoms with Crippen LogP contribution in [0.4, 0.5) is 11.8 Å². The topological polar surface area (TPSA) is 93.1 Å². The van der Waals surface area contributed by atoms with Crippen LogP contribution in [0.15, 0.2) is 36.7 Å². The quantitative estimate of drug-likeness (QED) is 0.759. The zero-order valence-electron chi connectivity index (χ0n) is 12.6. The van der Waals surface area contributed by atoms with E-state index in [2.05, 4.69) is 15.0 Å². The maximum absolute atomic E-state index is 9.53. The van der Waals surface area contributed by atoms with Crippen LogP contribution in [0.3, 0.4) is 0 Å². The number of nitrogens with two attached hydrogens (primary N) is 1. The number of hydrogen-bond acceptors (Lipinski definition) is 6. The molecule has 3 aromatic rings. The number of nitrogens with zero attached hydrogens (tertiary/aromatic N) is 5. The number of aliphatic hydroxyl groups is 1. The number of anilines is 2. The fourth-order valence-electron chi connectivity index (χ4n) is 3.10. The number of rotatable bonds is 3. The maximum Gasteiger partial charge on any atom is 0.229 e. The highest BCUT2D eigenvalue weighted by atomic mass is 16.3. The number of fused-ring (bicyclic) bond motifs is 1. The van der Waals surface area contributed by atoms with E-state index in [1.165, 1.54) is 0 Å². The fourth-order valence-corrected chi connectivity index (χ4v) is 3.10. The molecule has 0 bridgehead atoms. The molecule has 1 unspecified atom stereocenters. The van der Waals surface area contributed by atoms with Gasteiger partial charge < -0.3 is 15.7 Å². The normalized spacial score (nSPS) is 18.0. The number of hydrogen-bond donors (Lipinski definition) is 2. The summed E-state index contributed by atoms with van der Waals surface area (Å²) in [7, 11) is 0. The summed E-state index contributed by atoms with van der Waals surface area (Å²) in [5, 5.41) is 9.53. The molecule has 0 aliphatic carbocycles. The molecule has 23 heavy (non-hydrogen) atoms. The second-order valence-corrected chi connectivity index (χ2v) is 5.70. The molecule has 118 valence electrons. The number of aliphatic hydroxyl groups excluding tert-OH is 1. The Hall–Kier alpha value is -2.67. The van der Waals surface area contributed by atoms with Crippen LogP contribution in [0.5, 0.6) is 0 Å². The van der Waals surface area contributed by atoms with Crippen molar-refractivity contribution in [3.8, 4) is 5.69 Å². The third-order valence-corrected chi connectivity index (χ3v) is 4.29. The molecule has 7 nitrogen and oxygen atoms in total. The molecule has 1 atom stereocenters. The minimum Gasteiger partial charge on any atom is -0.394 e. The first-order valence-electron chi connectivity index (χ1n) is 7.71. The molecule has 7 heteroatoms. The van der Waals surface area contributed by atoms with Gasteiger partial charge in [-0.15, -0.1) is 0 Å². The molecule has 3 heterocycles. The van der Waals surface area contributed by atoms with Crippen LogP contribution >= 0.6 is 0 Å². The van der Waals surface area contributed by atoms with Crippen molar-refractivity contribution >= 4 is 22.9 Å². The Morgan fingerprint density at radius 2 is 2.04 bits per heavy atom. The zero-order chi connectivity index (χ0) is 15.8. The molecular weight excluding hydrogens is 292 g/mol. The molecule has 1 fully saturated rings. The standard InChI is InChI=1S/C16H18N6O/c17-14-13-15(22(10-18-13)11-5-2-1-3-6-11)20-16(19-14)21-8-4-7-12(21)9-23/h1-3,5-6,10,12,23H,4,7-9H2,(H2,17,19,20). The van der Waals surface area contributed by atoms with Crippen LogP contribution in [-0.2, 0) is 0 Å². The summed E-state index contributed by atoms with van der Waals surface area (Å²) in [6.45, 7) is 0.925. The fraction of sp³-hybridized carbons (Fsp3) is 0.312. The maximum atomic E-state index is 9.53. The predicted octanol–water partition coefficient (Wildman–Crippen LogP) is 1.36. The highest BCUT2D eigenvalue weighted by molar-refractivity contribution is 5.84. The molecule has 3 N–H and O–H groups in total. The summed E-state index contributed by atoms with van der Waals surface area (Å²) in [5.41, 5.74) is 8.34. The van der Waals surface area contributed by atoms with Crippen molar-refractivity contribution in [3.05, 3.63) is 36.7 Å². The average Bonchev–Trinajstić information content (AvgIpc) is 3.22. The van der Waals surface area contributed by atoms with Gasteiger partial charge in [0, 0.05) is 12.2 Å². The third-order valence-electron chi connectivity index (χ3n) is 4.29. The van der Waals surface area contributed by atoms with E-state index in [0.29, 0.717) is 22.9 Å². The second kappa shape index (κ2) is 5.51. The minimum absolute atomic E-state index is 0.0555. The Morgan fingerprint density at radius 3 is 2.83 bits per heavy atom. The first-order valence-corrected chi connectivity index (χ1v) is 7.71. The number of benzene rings is 1. The smallest absolute Gasteiger partial charge is 0.229 e. The minimum atomic E-state index is 0.0555. The van der Waals surface area contributed by atoms with E-state index in [9.17, 15) is 5.11 Å². The summed E-state index contributed by atoms with van der Waals surface area (Å²) < 4.78 is 1.90. The second-order valence-electron chi connectivity index (χ2n) is 5.70. The Kier molecular flexibility index (Phi) is 3.34. The van der Waals surface area contributed by atoms with Crippen LogP contribution in [0, 0.1) is 0 Å². The van der Waals surface area contributed by atoms with Gasteiger partial charge in [-0.25, -0.2) is 4.98 Å². The summed E-state index contributed by atoms with van der Waals surface area (Å²) in [6, 6.07) is 9.94. The Labute approximate surface area is 133 Å². The SMILES string of the molecule is Nc1nc(N2CCCC2CO)nc2c1ncn2-c1ccccc1. The van der Waals surface area contributed by atoms with Crippen molar-refractivity contribution in [2.45, 2.75) is 18.9 Å². The first kappa shape index (κ1) is 14.0. The van der Waals surface area contributed by atoms with Gasteiger partial charge in [0.25, 0.3) is 0 Å². The lowest BCUT2D eigenvalue weighted by atomic mass is 10.2. The van der Waals surface area contributed by atoms with Gasteiger partial charge in [0.1, 0.15) is 6.33 Å². The molecule has 0 spiro atoms. The Morgan fingerprint density at radius 1 is 1.22 bits per heavy atom. The van der Waals surface area contributed by atoms with Gasteiger partial charge in [-0.05, 0) is 25.0 Å². The van der Waals surface area contributed by atoms with Crippen LogP contribution in [0.2, 0.25) is 0 Å². The summed E-state index contributed by atoms with van der Waals surface area (Å²) in [5.74, 6) is 0.924. The van der Waals surface area contributed by atoms with Crippen molar-refractivity contribution in [1.29, 1.82) is 0 Å². The van der Waals surface area contributed by atoms with Crippen LogP contribution in [0.1, 0.15) is 12.8 Å². The first-order chi connectivity index (χ1) is 11.3. The van der Waals surface area contributed by atoms with Crippen molar-refractivity contribution in [3.63, 3.8) is 0 Å². The van der Waals surface area contributed by atoms with Gasteiger partial charge >= 0.3 is 0 Å². The molecule has 4 rings (SSSR count). The van der Waals surface area contributed by atoms with E-state index in [4.69, 9.17) is 5.73 Å². The summed E-state index contributed by atoms with van der Waals surface area (Å²) in [4.78, 5) is 15.4. The van der Waals surface area contributed by atoms with Gasteiger partial charge in [-0.3, -0.25) is 4.57 Å². The lowest BCUT2D eigenvalue weighted by molar-refractivity contribution is 0.265. The van der Waals surface area contributed by atoms with Gasteiger partial charge in [-0.2, -0.15) is 9.97 Å². The van der Waals surface area contributed by atoms with E-state index in [0.717, 1.165) is 25.1 Å². The molecule has 1 aromatic carbocycles. The highest BCUT2D eigenvalue weighted by Crippen LogP contribution is 2.27. The summed E-state index contributed by atoms with van der Waals surface area (Å²) in [6.07, 6.45) is 3.67. The lowest BCUT2D eigenvalue weighted by Crippen LogP contribution is -2.33. The largest absolute Gasteiger partial charge is 0.394 e. The predicted molar refractivity (Wildman–Crippen MR) is 88.5 cm³/mol. The average molecular weight is 310 g/mol. The Bertz CT molecular complexity index is 831. The molecule has 0 amide bonds. The number of imidazole rings is 1. The summed E-state index contributed by atoms with van der Waals surface area (Å²) >= 11 is 0. The van der Waals surface area contributed by atoms with Crippen molar-refractivity contribution in [2.75, 3.05) is 23.8 Å². The highest BCUT2D eigenvalue weighted by Gasteiger charge is 2.27. The molecular formula is C16H18N6O. The van der Waals surface area contributed by atoms with Gasteiger partial charge in [0.2, 0.25) is 5.95 Å². The van der Waals surface area contributed by atoms with Gasteiger partial charge in [0.15, 0.2) is 17.0 Å². The molecule has 1 aliphatic rings. The molecule has 2 aromatic heterocycles. The molecule has 0 radical (unpaired) electrons. The number of para-hydroxylation sites is 1. The van der Waals surface area contributed by atoms with Gasteiger partial charge in [-0.1, -0.05) is 18.2 Å². The van der Waals surface area contributed by atoms with E-state index in [1.807, 2.05) is 39.8 Å². The Balaban J connectivity index is 1.86. The molecule has 1 aliphatic heterocycles. The van der Waals surface area contributed by atoms with Crippen LogP contribution < -0.4 is 10.6 Å². The van der Waals surface area contributed by atoms with Crippen LogP contribution in [0.25, 0.3) is 16.9 Å². The zero-order valence-corrected chi connectivity index (χ0v) is 12.6. The molecule has 1 saturated heterocycles. The van der Waals surface area contributed by atoms with Gasteiger partial charge in [0.05, 0.1) is 12.6 Å². The third kappa shape index (κ3) is 2.29.